The van der Waals surface area contributed by atoms with Gasteiger partial charge in [0.2, 0.25) is 0 Å². The molecular weight excluding hydrogens is 254 g/mol. The number of aryl methyl sites for hydroxylation is 1. The third kappa shape index (κ3) is 3.39. The van der Waals surface area contributed by atoms with E-state index in [0.29, 0.717) is 18.3 Å². The fourth-order valence-electron chi connectivity index (χ4n) is 2.21. The molecule has 0 spiro atoms. The monoisotopic (exact) mass is 281 g/mol. The molecule has 1 aromatic heterocycles. The highest BCUT2D eigenvalue weighted by molar-refractivity contribution is 5.93. The summed E-state index contributed by atoms with van der Waals surface area (Å²) in [5.74, 6) is 0.617. The lowest BCUT2D eigenvalue weighted by molar-refractivity contribution is 0.0911. The van der Waals surface area contributed by atoms with Crippen molar-refractivity contribution >= 4 is 5.91 Å². The normalized spacial score (nSPS) is 15.7. The zero-order chi connectivity index (χ0) is 15.3. The van der Waals surface area contributed by atoms with Crippen LogP contribution >= 0.6 is 0 Å². The quantitative estimate of drug-likeness (QED) is 0.805. The van der Waals surface area contributed by atoms with Crippen LogP contribution in [0.15, 0.2) is 4.52 Å². The van der Waals surface area contributed by atoms with Crippen LogP contribution in [-0.2, 0) is 6.42 Å². The molecule has 0 aliphatic heterocycles. The van der Waals surface area contributed by atoms with Crippen molar-refractivity contribution in [3.63, 3.8) is 0 Å². The number of aromatic nitrogens is 1. The van der Waals surface area contributed by atoms with Gasteiger partial charge in [0.1, 0.15) is 5.76 Å². The first-order valence-corrected chi connectivity index (χ1v) is 7.30. The maximum absolute atomic E-state index is 12.2. The highest BCUT2D eigenvalue weighted by Gasteiger charge is 2.29. The maximum atomic E-state index is 12.2. The van der Waals surface area contributed by atoms with Gasteiger partial charge in [-0.3, -0.25) is 4.79 Å². The molecule has 1 heterocycles. The largest absolute Gasteiger partial charge is 0.360 e. The Kier molecular flexibility index (Phi) is 5.74. The number of hydrogen-bond acceptors (Lipinski definition) is 4. The summed E-state index contributed by atoms with van der Waals surface area (Å²) in [5, 5.41) is 10.1. The fraction of sp³-hybridized carbons (Fsp3) is 0.733. The van der Waals surface area contributed by atoms with Gasteiger partial charge in [0.15, 0.2) is 5.69 Å². The Morgan fingerprint density at radius 1 is 1.45 bits per heavy atom. The van der Waals surface area contributed by atoms with Crippen molar-refractivity contribution in [1.29, 1.82) is 0 Å². The van der Waals surface area contributed by atoms with Gasteiger partial charge in [-0.15, -0.1) is 0 Å². The van der Waals surface area contributed by atoms with Crippen molar-refractivity contribution in [2.24, 2.45) is 5.41 Å². The molecular formula is C15H27N3O2. The van der Waals surface area contributed by atoms with E-state index in [-0.39, 0.29) is 11.3 Å². The molecule has 0 bridgehead atoms. The van der Waals surface area contributed by atoms with Crippen LogP contribution in [0.5, 0.6) is 0 Å². The van der Waals surface area contributed by atoms with E-state index in [0.717, 1.165) is 24.2 Å². The van der Waals surface area contributed by atoms with E-state index in [1.165, 1.54) is 0 Å². The van der Waals surface area contributed by atoms with Crippen LogP contribution in [0.3, 0.4) is 0 Å². The molecule has 0 aromatic carbocycles. The highest BCUT2D eigenvalue weighted by atomic mass is 16.5. The lowest BCUT2D eigenvalue weighted by atomic mass is 9.80. The summed E-state index contributed by atoms with van der Waals surface area (Å²) in [4.78, 5) is 12.2. The SMILES string of the molecule is CCc1onc(C(=O)NCC(C)(CC)C(C)NC)c1C. The molecule has 114 valence electrons. The Morgan fingerprint density at radius 3 is 2.55 bits per heavy atom. The second-order valence-electron chi connectivity index (χ2n) is 5.63. The predicted octanol–water partition coefficient (Wildman–Crippen LogP) is 2.30. The summed E-state index contributed by atoms with van der Waals surface area (Å²) in [6, 6.07) is 0.317. The Hall–Kier alpha value is -1.36. The van der Waals surface area contributed by atoms with Crippen LogP contribution in [0.2, 0.25) is 0 Å². The maximum Gasteiger partial charge on any atom is 0.273 e. The molecule has 0 aliphatic carbocycles. The molecule has 20 heavy (non-hydrogen) atoms. The van der Waals surface area contributed by atoms with Gasteiger partial charge < -0.3 is 15.2 Å². The third-order valence-corrected chi connectivity index (χ3v) is 4.50. The van der Waals surface area contributed by atoms with E-state index < -0.39 is 0 Å². The minimum Gasteiger partial charge on any atom is -0.360 e. The molecule has 0 fully saturated rings. The van der Waals surface area contributed by atoms with Gasteiger partial charge in [0, 0.05) is 24.6 Å². The van der Waals surface area contributed by atoms with Gasteiger partial charge >= 0.3 is 0 Å². The summed E-state index contributed by atoms with van der Waals surface area (Å²) in [6.45, 7) is 10.9. The Labute approximate surface area is 121 Å². The Morgan fingerprint density at radius 2 is 2.10 bits per heavy atom. The first-order valence-electron chi connectivity index (χ1n) is 7.30. The molecule has 1 rings (SSSR count). The molecule has 1 amide bonds. The van der Waals surface area contributed by atoms with E-state index in [4.69, 9.17) is 4.52 Å². The van der Waals surface area contributed by atoms with Gasteiger partial charge in [-0.1, -0.05) is 25.9 Å². The highest BCUT2D eigenvalue weighted by Crippen LogP contribution is 2.25. The summed E-state index contributed by atoms with van der Waals surface area (Å²) in [6.07, 6.45) is 1.73. The van der Waals surface area contributed by atoms with E-state index in [9.17, 15) is 4.79 Å². The minimum absolute atomic E-state index is 0.00956. The average Bonchev–Trinajstić information content (AvgIpc) is 2.84. The van der Waals surface area contributed by atoms with Crippen molar-refractivity contribution in [3.05, 3.63) is 17.0 Å². The number of carbonyl (C=O) groups is 1. The number of carbonyl (C=O) groups excluding carboxylic acids is 1. The second-order valence-corrected chi connectivity index (χ2v) is 5.63. The van der Waals surface area contributed by atoms with Crippen LogP contribution in [0.1, 0.15) is 55.9 Å². The first kappa shape index (κ1) is 16.7. The number of hydrogen-bond donors (Lipinski definition) is 2. The summed E-state index contributed by atoms with van der Waals surface area (Å²) < 4.78 is 5.17. The van der Waals surface area contributed by atoms with Crippen molar-refractivity contribution in [3.8, 4) is 0 Å². The van der Waals surface area contributed by atoms with Gasteiger partial charge in [-0.25, -0.2) is 0 Å². The van der Waals surface area contributed by atoms with Gasteiger partial charge in [0.25, 0.3) is 5.91 Å². The van der Waals surface area contributed by atoms with Crippen molar-refractivity contribution in [2.75, 3.05) is 13.6 Å². The van der Waals surface area contributed by atoms with Gasteiger partial charge in [0.05, 0.1) is 0 Å². The lowest BCUT2D eigenvalue weighted by Crippen LogP contribution is -2.47. The number of rotatable bonds is 7. The first-order chi connectivity index (χ1) is 9.39. The number of nitrogens with zero attached hydrogens (tertiary/aromatic N) is 1. The van der Waals surface area contributed by atoms with Crippen molar-refractivity contribution in [1.82, 2.24) is 15.8 Å². The summed E-state index contributed by atoms with van der Waals surface area (Å²) >= 11 is 0. The van der Waals surface area contributed by atoms with E-state index in [1.54, 1.807) is 0 Å². The van der Waals surface area contributed by atoms with E-state index in [2.05, 4.69) is 36.6 Å². The topological polar surface area (TPSA) is 67.2 Å². The molecule has 5 heteroatoms. The van der Waals surface area contributed by atoms with E-state index in [1.807, 2.05) is 20.9 Å². The van der Waals surface area contributed by atoms with Crippen LogP contribution in [0.25, 0.3) is 0 Å². The molecule has 2 atom stereocenters. The van der Waals surface area contributed by atoms with E-state index >= 15 is 0 Å². The van der Waals surface area contributed by atoms with Crippen LogP contribution in [-0.4, -0.2) is 30.7 Å². The molecule has 5 nitrogen and oxygen atoms in total. The average molecular weight is 281 g/mol. The van der Waals surface area contributed by atoms with Crippen LogP contribution in [0, 0.1) is 12.3 Å². The molecule has 1 aromatic rings. The Balaban J connectivity index is 2.73. The number of nitrogens with one attached hydrogen (secondary N) is 2. The van der Waals surface area contributed by atoms with Gasteiger partial charge in [-0.05, 0) is 32.7 Å². The van der Waals surface area contributed by atoms with Crippen molar-refractivity contribution < 1.29 is 9.32 Å². The smallest absolute Gasteiger partial charge is 0.273 e. The molecule has 0 radical (unpaired) electrons. The lowest BCUT2D eigenvalue weighted by Gasteiger charge is -2.34. The van der Waals surface area contributed by atoms with Gasteiger partial charge in [-0.2, -0.15) is 0 Å². The summed E-state index contributed by atoms with van der Waals surface area (Å²) in [7, 11) is 1.94. The van der Waals surface area contributed by atoms with Crippen molar-refractivity contribution in [2.45, 2.75) is 53.5 Å². The zero-order valence-electron chi connectivity index (χ0n) is 13.5. The predicted molar refractivity (Wildman–Crippen MR) is 79.9 cm³/mol. The minimum atomic E-state index is -0.158. The Bertz CT molecular complexity index is 456. The molecule has 2 unspecified atom stereocenters. The molecule has 0 saturated carbocycles. The fourth-order valence-corrected chi connectivity index (χ4v) is 2.21. The standard InChI is InChI=1S/C15H27N3O2/c1-7-12-10(3)13(18-20-12)14(19)17-9-15(5,8-2)11(4)16-6/h11,16H,7-9H2,1-6H3,(H,17,19). The summed E-state index contributed by atoms with van der Waals surface area (Å²) in [5.41, 5.74) is 1.25. The third-order valence-electron chi connectivity index (χ3n) is 4.50. The van der Waals surface area contributed by atoms with Crippen LogP contribution < -0.4 is 10.6 Å². The molecule has 0 saturated heterocycles. The number of amides is 1. The molecule has 0 aliphatic rings. The molecule has 2 N–H and O–H groups in total. The second kappa shape index (κ2) is 6.88. The zero-order valence-corrected chi connectivity index (χ0v) is 13.5. The van der Waals surface area contributed by atoms with Crippen LogP contribution in [0.4, 0.5) is 0 Å².